The number of nitrogens with zero attached hydrogens (tertiary/aromatic N) is 2. The van der Waals surface area contributed by atoms with Gasteiger partial charge in [0.1, 0.15) is 0 Å². The lowest BCUT2D eigenvalue weighted by Crippen LogP contribution is -2.24. The summed E-state index contributed by atoms with van der Waals surface area (Å²) in [7, 11) is -2.49. The van der Waals surface area contributed by atoms with Crippen molar-refractivity contribution in [2.45, 2.75) is 38.8 Å². The minimum absolute atomic E-state index is 0.311. The first-order valence-electron chi connectivity index (χ1n) is 10.9. The van der Waals surface area contributed by atoms with Crippen molar-refractivity contribution in [3.05, 3.63) is 77.5 Å². The van der Waals surface area contributed by atoms with Crippen molar-refractivity contribution in [1.29, 1.82) is 0 Å². The molecule has 0 radical (unpaired) electrons. The zero-order valence-corrected chi connectivity index (χ0v) is 20.2. The first kappa shape index (κ1) is 24.6. The normalized spacial score (nSPS) is 12.3. The summed E-state index contributed by atoms with van der Waals surface area (Å²) in [6.45, 7) is 5.57. The lowest BCUT2D eigenvalue weighted by molar-refractivity contribution is -0.111. The molecule has 0 aliphatic carbocycles. The fourth-order valence-electron chi connectivity index (χ4n) is 4.09. The van der Waals surface area contributed by atoms with Crippen LogP contribution in [0.25, 0.3) is 17.3 Å². The second-order valence-corrected chi connectivity index (χ2v) is 10.1. The van der Waals surface area contributed by atoms with Crippen LogP contribution in [0.4, 0.5) is 5.69 Å². The number of carbonyl (C=O) groups excluding carboxylic acids is 1. The maximum atomic E-state index is 12.5. The third-order valence-corrected chi connectivity index (χ3v) is 8.13. The van der Waals surface area contributed by atoms with Crippen LogP contribution in [0.1, 0.15) is 43.4 Å². The molecule has 0 aliphatic rings. The summed E-state index contributed by atoms with van der Waals surface area (Å²) in [4.78, 5) is 32.3. The van der Waals surface area contributed by atoms with Gasteiger partial charge in [0.05, 0.1) is 17.0 Å². The second-order valence-electron chi connectivity index (χ2n) is 8.12. The fraction of sp³-hybridized carbons (Fsp3) is 0.280. The molecule has 8 heteroatoms. The van der Waals surface area contributed by atoms with E-state index in [1.165, 1.54) is 11.6 Å². The molecule has 1 aromatic heterocycles. The topological polar surface area (TPSA) is 104 Å². The first-order chi connectivity index (χ1) is 15.6. The Hall–Kier alpha value is -2.99. The summed E-state index contributed by atoms with van der Waals surface area (Å²) < 4.78 is 13.9. The number of aryl methyl sites for hydroxylation is 2. The van der Waals surface area contributed by atoms with Gasteiger partial charge in [0, 0.05) is 29.9 Å². The molecule has 3 rings (SSSR count). The van der Waals surface area contributed by atoms with Gasteiger partial charge in [0.2, 0.25) is 5.91 Å². The zero-order valence-electron chi connectivity index (χ0n) is 19.3. The van der Waals surface area contributed by atoms with Gasteiger partial charge in [-0.25, -0.2) is 0 Å². The van der Waals surface area contributed by atoms with Crippen LogP contribution in [0.5, 0.6) is 0 Å². The van der Waals surface area contributed by atoms with Crippen molar-refractivity contribution in [1.82, 2.24) is 9.78 Å². The van der Waals surface area contributed by atoms with Gasteiger partial charge in [-0.3, -0.25) is 14.0 Å². The number of aromatic nitrogens is 2. The molecule has 0 saturated carbocycles. The van der Waals surface area contributed by atoms with Crippen LogP contribution in [-0.2, 0) is 21.6 Å². The molecule has 0 spiro atoms. The van der Waals surface area contributed by atoms with E-state index in [-0.39, 0.29) is 5.91 Å². The van der Waals surface area contributed by atoms with E-state index in [4.69, 9.17) is 0 Å². The van der Waals surface area contributed by atoms with Crippen LogP contribution in [0.2, 0.25) is 0 Å². The molecule has 0 atom stereocenters. The monoisotopic (exact) mass is 467 g/mol. The Morgan fingerprint density at radius 3 is 2.24 bits per heavy atom. The summed E-state index contributed by atoms with van der Waals surface area (Å²) in [6, 6.07) is 14.8. The molecule has 7 nitrogen and oxygen atoms in total. The van der Waals surface area contributed by atoms with Crippen molar-refractivity contribution in [3.63, 3.8) is 0 Å². The van der Waals surface area contributed by atoms with Crippen LogP contribution in [0.15, 0.2) is 60.8 Å². The highest BCUT2D eigenvalue weighted by Crippen LogP contribution is 2.60. The Kier molecular flexibility index (Phi) is 7.38. The fourth-order valence-corrected chi connectivity index (χ4v) is 5.40. The maximum absolute atomic E-state index is 12.5. The Morgan fingerprint density at radius 1 is 1.09 bits per heavy atom. The van der Waals surface area contributed by atoms with Crippen molar-refractivity contribution < 1.29 is 19.1 Å². The van der Waals surface area contributed by atoms with Crippen molar-refractivity contribution in [2.75, 3.05) is 5.32 Å². The van der Waals surface area contributed by atoms with Gasteiger partial charge in [0.25, 0.3) is 0 Å². The maximum Gasteiger partial charge on any atom is 0.335 e. The van der Waals surface area contributed by atoms with Gasteiger partial charge < -0.3 is 15.1 Å². The quantitative estimate of drug-likeness (QED) is 0.310. The minimum atomic E-state index is -4.35. The average Bonchev–Trinajstić information content (AvgIpc) is 3.14. The molecule has 1 amide bonds. The number of hydrogen-bond donors (Lipinski definition) is 3. The van der Waals surface area contributed by atoms with Crippen LogP contribution in [0.3, 0.4) is 0 Å². The number of amides is 1. The molecule has 2 aromatic carbocycles. The zero-order chi connectivity index (χ0) is 24.2. The average molecular weight is 468 g/mol. The number of rotatable bonds is 8. The van der Waals surface area contributed by atoms with E-state index >= 15 is 0 Å². The summed E-state index contributed by atoms with van der Waals surface area (Å²) in [5.74, 6) is -0.311. The van der Waals surface area contributed by atoms with E-state index in [2.05, 4.69) is 10.4 Å². The predicted molar refractivity (Wildman–Crippen MR) is 132 cm³/mol. The Bertz CT molecular complexity index is 1190. The number of benzene rings is 2. The van der Waals surface area contributed by atoms with Crippen LogP contribution >= 0.6 is 7.60 Å². The molecular weight excluding hydrogens is 437 g/mol. The molecule has 33 heavy (non-hydrogen) atoms. The smallest absolute Gasteiger partial charge is 0.324 e. The van der Waals surface area contributed by atoms with Crippen molar-refractivity contribution >= 4 is 25.3 Å². The third-order valence-electron chi connectivity index (χ3n) is 6.12. The number of carbonyl (C=O) groups is 1. The molecule has 3 aromatic rings. The highest BCUT2D eigenvalue weighted by Gasteiger charge is 2.45. The first-order valence-corrected chi connectivity index (χ1v) is 12.5. The van der Waals surface area contributed by atoms with Gasteiger partial charge in [-0.2, -0.15) is 5.10 Å². The Labute approximate surface area is 194 Å². The molecule has 0 saturated heterocycles. The van der Waals surface area contributed by atoms with Gasteiger partial charge in [-0.1, -0.05) is 55.8 Å². The van der Waals surface area contributed by atoms with Crippen LogP contribution in [-0.4, -0.2) is 25.5 Å². The molecule has 1 heterocycles. The largest absolute Gasteiger partial charge is 0.335 e. The molecule has 0 aliphatic heterocycles. The van der Waals surface area contributed by atoms with Gasteiger partial charge in [-0.15, -0.1) is 0 Å². The number of anilines is 1. The van der Waals surface area contributed by atoms with Crippen LogP contribution < -0.4 is 5.32 Å². The highest BCUT2D eigenvalue weighted by atomic mass is 31.2. The predicted octanol–water partition coefficient (Wildman–Crippen LogP) is 5.24. The second kappa shape index (κ2) is 9.87. The summed E-state index contributed by atoms with van der Waals surface area (Å²) in [5.41, 5.74) is 5.02. The minimum Gasteiger partial charge on any atom is -0.324 e. The van der Waals surface area contributed by atoms with Gasteiger partial charge >= 0.3 is 7.60 Å². The lowest BCUT2D eigenvalue weighted by Gasteiger charge is -2.33. The molecule has 0 unspecified atom stereocenters. The van der Waals surface area contributed by atoms with E-state index in [0.29, 0.717) is 24.1 Å². The van der Waals surface area contributed by atoms with Crippen LogP contribution in [0, 0.1) is 6.92 Å². The molecule has 174 valence electrons. The van der Waals surface area contributed by atoms with Gasteiger partial charge in [0.15, 0.2) is 0 Å². The number of hydrogen-bond acceptors (Lipinski definition) is 3. The third kappa shape index (κ3) is 5.17. The molecule has 0 bridgehead atoms. The van der Waals surface area contributed by atoms with Crippen molar-refractivity contribution in [3.8, 4) is 11.3 Å². The van der Waals surface area contributed by atoms with E-state index in [9.17, 15) is 19.1 Å². The van der Waals surface area contributed by atoms with E-state index in [1.54, 1.807) is 55.1 Å². The summed E-state index contributed by atoms with van der Waals surface area (Å²) in [5, 5.41) is 5.89. The standard InChI is InChI=1S/C25H30N3O4P/c1-5-25(6-2,33(30,31)32)21-12-14-22(15-13-21)27-23(29)16-11-20-17-26-28(4)24(20)19-9-7-18(3)8-10-19/h7-17H,5-6H2,1-4H3,(H,27,29)(H2,30,31,32)/b16-11+. The highest BCUT2D eigenvalue weighted by molar-refractivity contribution is 7.53. The molecule has 3 N–H and O–H groups in total. The van der Waals surface area contributed by atoms with E-state index < -0.39 is 12.8 Å². The van der Waals surface area contributed by atoms with E-state index in [0.717, 1.165) is 16.8 Å². The number of nitrogens with one attached hydrogen (secondary N) is 1. The van der Waals surface area contributed by atoms with Gasteiger partial charge in [-0.05, 0) is 43.5 Å². The lowest BCUT2D eigenvalue weighted by atomic mass is 9.92. The van der Waals surface area contributed by atoms with E-state index in [1.807, 2.05) is 38.2 Å². The molecular formula is C25H30N3O4P. The van der Waals surface area contributed by atoms with Crippen molar-refractivity contribution in [2.24, 2.45) is 7.05 Å². The summed E-state index contributed by atoms with van der Waals surface area (Å²) in [6.07, 6.45) is 5.51. The Morgan fingerprint density at radius 2 is 1.70 bits per heavy atom. The molecule has 0 fully saturated rings. The SMILES string of the molecule is CCC(CC)(c1ccc(NC(=O)/C=C/c2cnn(C)c2-c2ccc(C)cc2)cc1)P(=O)(O)O. The summed E-state index contributed by atoms with van der Waals surface area (Å²) >= 11 is 0. The Balaban J connectivity index is 1.76.